The van der Waals surface area contributed by atoms with Crippen LogP contribution in [0.1, 0.15) is 18.1 Å². The molecule has 3 aromatic rings. The molecule has 0 saturated heterocycles. The molecule has 8 nitrogen and oxygen atoms in total. The van der Waals surface area contributed by atoms with Crippen molar-refractivity contribution in [3.05, 3.63) is 92.2 Å². The number of thioether (sulfide) groups is 1. The van der Waals surface area contributed by atoms with Crippen LogP contribution in [0.2, 0.25) is 0 Å². The SMILES string of the molecule is CCOc1cc(/C=N\NC(=O)CSc2ccc([N+](=O)[O-])cc2)c(Br)cc1OCc1ccc(F)cc1. The molecular formula is C24H21BrFN3O5S. The van der Waals surface area contributed by atoms with Gasteiger partial charge in [-0.25, -0.2) is 9.82 Å². The Morgan fingerprint density at radius 1 is 1.14 bits per heavy atom. The number of benzene rings is 3. The lowest BCUT2D eigenvalue weighted by Gasteiger charge is -2.14. The van der Waals surface area contributed by atoms with Gasteiger partial charge in [-0.05, 0) is 64.8 Å². The molecule has 0 aromatic heterocycles. The summed E-state index contributed by atoms with van der Waals surface area (Å²) in [6.07, 6.45) is 1.48. The molecule has 1 N–H and O–H groups in total. The van der Waals surface area contributed by atoms with Crippen molar-refractivity contribution in [2.75, 3.05) is 12.4 Å². The number of nitro groups is 1. The van der Waals surface area contributed by atoms with Crippen LogP contribution < -0.4 is 14.9 Å². The van der Waals surface area contributed by atoms with Gasteiger partial charge in [0, 0.05) is 27.1 Å². The summed E-state index contributed by atoms with van der Waals surface area (Å²) < 4.78 is 25.3. The number of nitrogens with zero attached hydrogens (tertiary/aromatic N) is 2. The van der Waals surface area contributed by atoms with Gasteiger partial charge in [-0.3, -0.25) is 14.9 Å². The molecule has 11 heteroatoms. The number of ether oxygens (including phenoxy) is 2. The van der Waals surface area contributed by atoms with Crippen molar-refractivity contribution in [2.24, 2.45) is 5.10 Å². The van der Waals surface area contributed by atoms with Crippen molar-refractivity contribution in [3.8, 4) is 11.5 Å². The van der Waals surface area contributed by atoms with Crippen LogP contribution in [0.25, 0.3) is 0 Å². The zero-order valence-electron chi connectivity index (χ0n) is 18.6. The van der Waals surface area contributed by atoms with Crippen molar-refractivity contribution in [3.63, 3.8) is 0 Å². The van der Waals surface area contributed by atoms with Crippen molar-refractivity contribution >= 4 is 45.5 Å². The predicted molar refractivity (Wildman–Crippen MR) is 136 cm³/mol. The van der Waals surface area contributed by atoms with E-state index in [0.29, 0.717) is 28.1 Å². The van der Waals surface area contributed by atoms with Crippen LogP contribution in [0, 0.1) is 15.9 Å². The Kier molecular flexibility index (Phi) is 9.62. The van der Waals surface area contributed by atoms with E-state index in [1.165, 1.54) is 42.2 Å². The molecule has 0 aliphatic carbocycles. The minimum absolute atomic E-state index is 0.00715. The number of amides is 1. The van der Waals surface area contributed by atoms with Gasteiger partial charge in [0.2, 0.25) is 5.91 Å². The third-order valence-electron chi connectivity index (χ3n) is 4.48. The van der Waals surface area contributed by atoms with Crippen LogP contribution in [-0.2, 0) is 11.4 Å². The lowest BCUT2D eigenvalue weighted by atomic mass is 10.2. The number of hydrazone groups is 1. The molecule has 0 heterocycles. The fourth-order valence-corrected chi connectivity index (χ4v) is 3.91. The molecular weight excluding hydrogens is 541 g/mol. The van der Waals surface area contributed by atoms with E-state index in [2.05, 4.69) is 26.5 Å². The molecule has 0 bridgehead atoms. The zero-order valence-corrected chi connectivity index (χ0v) is 21.0. The Morgan fingerprint density at radius 3 is 2.49 bits per heavy atom. The van der Waals surface area contributed by atoms with Crippen molar-refractivity contribution in [1.82, 2.24) is 5.43 Å². The summed E-state index contributed by atoms with van der Waals surface area (Å²) in [5.74, 6) is 0.455. The lowest BCUT2D eigenvalue weighted by Crippen LogP contribution is -2.19. The highest BCUT2D eigenvalue weighted by Gasteiger charge is 2.11. The van der Waals surface area contributed by atoms with Gasteiger partial charge >= 0.3 is 0 Å². The van der Waals surface area contributed by atoms with Gasteiger partial charge in [0.05, 0.1) is 23.5 Å². The second-order valence-electron chi connectivity index (χ2n) is 7.00. The summed E-state index contributed by atoms with van der Waals surface area (Å²) >= 11 is 4.71. The molecule has 0 aliphatic rings. The minimum Gasteiger partial charge on any atom is -0.490 e. The van der Waals surface area contributed by atoms with Gasteiger partial charge in [0.25, 0.3) is 5.69 Å². The van der Waals surface area contributed by atoms with Crippen LogP contribution in [0.15, 0.2) is 75.1 Å². The maximum absolute atomic E-state index is 13.1. The fourth-order valence-electron chi connectivity index (χ4n) is 2.79. The monoisotopic (exact) mass is 561 g/mol. The van der Waals surface area contributed by atoms with Gasteiger partial charge < -0.3 is 9.47 Å². The summed E-state index contributed by atoms with van der Waals surface area (Å²) in [5.41, 5.74) is 3.91. The summed E-state index contributed by atoms with van der Waals surface area (Å²) in [6, 6.07) is 15.5. The van der Waals surface area contributed by atoms with Gasteiger partial charge in [-0.15, -0.1) is 11.8 Å². The maximum atomic E-state index is 13.1. The number of nitrogens with one attached hydrogen (secondary N) is 1. The Labute approximate surface area is 213 Å². The first-order valence-electron chi connectivity index (χ1n) is 10.4. The van der Waals surface area contributed by atoms with Gasteiger partial charge in [-0.2, -0.15) is 5.10 Å². The molecule has 1 amide bonds. The third-order valence-corrected chi connectivity index (χ3v) is 6.18. The van der Waals surface area contributed by atoms with E-state index in [9.17, 15) is 19.3 Å². The molecule has 3 aromatic carbocycles. The van der Waals surface area contributed by atoms with E-state index in [4.69, 9.17) is 9.47 Å². The van der Waals surface area contributed by atoms with E-state index in [1.807, 2.05) is 6.92 Å². The highest BCUT2D eigenvalue weighted by molar-refractivity contribution is 9.10. The van der Waals surface area contributed by atoms with E-state index in [0.717, 1.165) is 10.5 Å². The number of hydrogen-bond donors (Lipinski definition) is 1. The number of carbonyl (C=O) groups is 1. The van der Waals surface area contributed by atoms with Gasteiger partial charge in [-0.1, -0.05) is 12.1 Å². The number of carbonyl (C=O) groups excluding carboxylic acids is 1. The molecule has 0 radical (unpaired) electrons. The minimum atomic E-state index is -0.477. The Hall–Kier alpha value is -3.44. The first-order valence-corrected chi connectivity index (χ1v) is 12.2. The first-order chi connectivity index (χ1) is 16.9. The third kappa shape index (κ3) is 8.08. The van der Waals surface area contributed by atoms with E-state index in [-0.39, 0.29) is 29.8 Å². The zero-order chi connectivity index (χ0) is 25.2. The lowest BCUT2D eigenvalue weighted by molar-refractivity contribution is -0.384. The molecule has 0 unspecified atom stereocenters. The molecule has 0 fully saturated rings. The molecule has 0 spiro atoms. The molecule has 0 saturated carbocycles. The van der Waals surface area contributed by atoms with E-state index >= 15 is 0 Å². The van der Waals surface area contributed by atoms with Crippen molar-refractivity contribution in [2.45, 2.75) is 18.4 Å². The smallest absolute Gasteiger partial charge is 0.269 e. The molecule has 0 atom stereocenters. The second kappa shape index (κ2) is 12.9. The Bertz CT molecular complexity index is 1210. The van der Waals surface area contributed by atoms with E-state index < -0.39 is 4.92 Å². The highest BCUT2D eigenvalue weighted by Crippen LogP contribution is 2.34. The molecule has 3 rings (SSSR count). The van der Waals surface area contributed by atoms with Gasteiger partial charge in [0.15, 0.2) is 11.5 Å². The number of hydrogen-bond acceptors (Lipinski definition) is 7. The average molecular weight is 562 g/mol. The average Bonchev–Trinajstić information content (AvgIpc) is 2.85. The predicted octanol–water partition coefficient (Wildman–Crippen LogP) is 5.72. The Morgan fingerprint density at radius 2 is 1.83 bits per heavy atom. The molecule has 35 heavy (non-hydrogen) atoms. The summed E-state index contributed by atoms with van der Waals surface area (Å²) in [5, 5.41) is 14.7. The van der Waals surface area contributed by atoms with Crippen molar-refractivity contribution in [1.29, 1.82) is 0 Å². The number of rotatable bonds is 11. The van der Waals surface area contributed by atoms with Crippen LogP contribution in [0.5, 0.6) is 11.5 Å². The topological polar surface area (TPSA) is 103 Å². The largest absolute Gasteiger partial charge is 0.490 e. The number of non-ortho nitro benzene ring substituents is 1. The summed E-state index contributed by atoms with van der Waals surface area (Å²) in [7, 11) is 0. The van der Waals surface area contributed by atoms with Crippen LogP contribution in [0.4, 0.5) is 10.1 Å². The van der Waals surface area contributed by atoms with Crippen LogP contribution in [-0.4, -0.2) is 29.4 Å². The summed E-state index contributed by atoms with van der Waals surface area (Å²) in [4.78, 5) is 23.1. The Balaban J connectivity index is 1.58. The fraction of sp³-hybridized carbons (Fsp3) is 0.167. The van der Waals surface area contributed by atoms with Crippen LogP contribution in [0.3, 0.4) is 0 Å². The normalized spacial score (nSPS) is 10.8. The molecule has 182 valence electrons. The molecule has 0 aliphatic heterocycles. The summed E-state index contributed by atoms with van der Waals surface area (Å²) in [6.45, 7) is 2.51. The van der Waals surface area contributed by atoms with Gasteiger partial charge in [0.1, 0.15) is 12.4 Å². The second-order valence-corrected chi connectivity index (χ2v) is 8.90. The van der Waals surface area contributed by atoms with Crippen LogP contribution >= 0.6 is 27.7 Å². The number of halogens is 2. The maximum Gasteiger partial charge on any atom is 0.269 e. The van der Waals surface area contributed by atoms with E-state index in [1.54, 1.807) is 36.4 Å². The highest BCUT2D eigenvalue weighted by atomic mass is 79.9. The van der Waals surface area contributed by atoms with Crippen molar-refractivity contribution < 1.29 is 23.6 Å². The first kappa shape index (κ1) is 26.2. The standard InChI is InChI=1S/C24H21BrFN3O5S/c1-2-33-22-11-17(21(25)12-23(22)34-14-16-3-5-18(26)6-4-16)13-27-28-24(30)15-35-20-9-7-19(8-10-20)29(31)32/h3-13H,2,14-15H2,1H3,(H,28,30)/b27-13-. The number of nitro benzene ring substituents is 1. The quantitative estimate of drug-likeness (QED) is 0.139.